The van der Waals surface area contributed by atoms with Gasteiger partial charge in [0.1, 0.15) is 0 Å². The van der Waals surface area contributed by atoms with E-state index in [1.165, 1.54) is 4.90 Å². The Balaban J connectivity index is 1.68. The highest BCUT2D eigenvalue weighted by molar-refractivity contribution is 5.72. The van der Waals surface area contributed by atoms with Crippen LogP contribution >= 0.6 is 0 Å². The van der Waals surface area contributed by atoms with Gasteiger partial charge >= 0.3 is 12.1 Å². The lowest BCUT2D eigenvalue weighted by Gasteiger charge is -2.36. The molecule has 0 aliphatic carbocycles. The Kier molecular flexibility index (Phi) is 6.45. The molecular weight excluding hydrogens is 286 g/mol. The van der Waals surface area contributed by atoms with E-state index < -0.39 is 6.09 Å². The molecule has 0 aromatic rings. The quantitative estimate of drug-likeness (QED) is 0.748. The minimum atomic E-state index is -0.826. The number of hydrogen-bond donors (Lipinski definition) is 1. The molecule has 1 unspecified atom stereocenters. The molecule has 2 rings (SSSR count). The summed E-state index contributed by atoms with van der Waals surface area (Å²) in [7, 11) is 0. The maximum absolute atomic E-state index is 11.8. The van der Waals surface area contributed by atoms with E-state index in [-0.39, 0.29) is 11.9 Å². The van der Waals surface area contributed by atoms with Crippen LogP contribution in [0.3, 0.4) is 0 Å². The van der Waals surface area contributed by atoms with Crippen LogP contribution in [0.15, 0.2) is 0 Å². The van der Waals surface area contributed by atoms with Gasteiger partial charge in [-0.1, -0.05) is 0 Å². The van der Waals surface area contributed by atoms with Gasteiger partial charge < -0.3 is 19.6 Å². The van der Waals surface area contributed by atoms with Crippen molar-refractivity contribution in [2.75, 3.05) is 59.0 Å². The average Bonchev–Trinajstić information content (AvgIpc) is 2.54. The molecule has 1 N–H and O–H groups in total. The van der Waals surface area contributed by atoms with Crippen LogP contribution in [-0.2, 0) is 9.53 Å². The van der Waals surface area contributed by atoms with Gasteiger partial charge in [0.05, 0.1) is 12.5 Å². The molecule has 0 bridgehead atoms. The monoisotopic (exact) mass is 313 g/mol. The number of piperidine rings is 1. The molecule has 0 spiro atoms. The second-order valence-electron chi connectivity index (χ2n) is 6.00. The third-order valence-electron chi connectivity index (χ3n) is 4.50. The first-order valence-electron chi connectivity index (χ1n) is 8.19. The Bertz CT molecular complexity index is 383. The number of piperazine rings is 1. The van der Waals surface area contributed by atoms with Crippen LogP contribution in [0.1, 0.15) is 19.8 Å². The van der Waals surface area contributed by atoms with Gasteiger partial charge in [0, 0.05) is 45.8 Å². The predicted octanol–water partition coefficient (Wildman–Crippen LogP) is 0.557. The van der Waals surface area contributed by atoms with Crippen molar-refractivity contribution in [3.05, 3.63) is 0 Å². The summed E-state index contributed by atoms with van der Waals surface area (Å²) in [6.07, 6.45) is 1.14. The minimum absolute atomic E-state index is 0.0116. The first-order chi connectivity index (χ1) is 10.6. The molecule has 7 heteroatoms. The molecule has 0 saturated carbocycles. The highest BCUT2D eigenvalue weighted by Gasteiger charge is 2.27. The van der Waals surface area contributed by atoms with E-state index >= 15 is 0 Å². The molecule has 1 amide bonds. The molecule has 7 nitrogen and oxygen atoms in total. The van der Waals surface area contributed by atoms with Crippen molar-refractivity contribution in [1.29, 1.82) is 0 Å². The van der Waals surface area contributed by atoms with Gasteiger partial charge in [-0.15, -0.1) is 0 Å². The average molecular weight is 313 g/mol. The van der Waals surface area contributed by atoms with Gasteiger partial charge in [-0.3, -0.25) is 9.69 Å². The first-order valence-corrected chi connectivity index (χ1v) is 8.19. The Labute approximate surface area is 131 Å². The van der Waals surface area contributed by atoms with Gasteiger partial charge in [0.2, 0.25) is 0 Å². The second kappa shape index (κ2) is 8.33. The lowest BCUT2D eigenvalue weighted by molar-refractivity contribution is -0.149. The number of hydrogen-bond acceptors (Lipinski definition) is 5. The summed E-state index contributed by atoms with van der Waals surface area (Å²) in [6.45, 7) is 8.73. The van der Waals surface area contributed by atoms with Gasteiger partial charge in [-0.25, -0.2) is 4.79 Å². The summed E-state index contributed by atoms with van der Waals surface area (Å²) in [5, 5.41) is 8.94. The van der Waals surface area contributed by atoms with Crippen LogP contribution in [0.25, 0.3) is 0 Å². The van der Waals surface area contributed by atoms with E-state index in [4.69, 9.17) is 9.84 Å². The van der Waals surface area contributed by atoms with Crippen molar-refractivity contribution in [3.63, 3.8) is 0 Å². The van der Waals surface area contributed by atoms with Crippen molar-refractivity contribution in [2.45, 2.75) is 19.8 Å². The number of esters is 1. The van der Waals surface area contributed by atoms with Gasteiger partial charge in [-0.05, 0) is 26.3 Å². The Morgan fingerprint density at radius 2 is 1.77 bits per heavy atom. The van der Waals surface area contributed by atoms with Gasteiger partial charge in [0.15, 0.2) is 0 Å². The van der Waals surface area contributed by atoms with Crippen molar-refractivity contribution < 1.29 is 19.4 Å². The number of amides is 1. The summed E-state index contributed by atoms with van der Waals surface area (Å²) in [5.41, 5.74) is 0. The molecule has 2 aliphatic heterocycles. The fourth-order valence-corrected chi connectivity index (χ4v) is 3.16. The summed E-state index contributed by atoms with van der Waals surface area (Å²) in [6, 6.07) is 0. The zero-order chi connectivity index (χ0) is 15.9. The summed E-state index contributed by atoms with van der Waals surface area (Å²) in [5.74, 6) is -0.0557. The molecule has 1 atom stereocenters. The van der Waals surface area contributed by atoms with Crippen LogP contribution in [0.5, 0.6) is 0 Å². The lowest BCUT2D eigenvalue weighted by atomic mass is 9.98. The van der Waals surface area contributed by atoms with Crippen LogP contribution in [0.2, 0.25) is 0 Å². The third kappa shape index (κ3) is 4.84. The number of carbonyl (C=O) groups excluding carboxylic acids is 1. The minimum Gasteiger partial charge on any atom is -0.466 e. The summed E-state index contributed by atoms with van der Waals surface area (Å²) >= 11 is 0. The number of rotatable bonds is 5. The molecule has 0 radical (unpaired) electrons. The van der Waals surface area contributed by atoms with Gasteiger partial charge in [-0.2, -0.15) is 0 Å². The van der Waals surface area contributed by atoms with Crippen LogP contribution in [0.4, 0.5) is 4.79 Å². The van der Waals surface area contributed by atoms with Crippen molar-refractivity contribution >= 4 is 12.1 Å². The number of likely N-dealkylation sites (tertiary alicyclic amines) is 1. The Morgan fingerprint density at radius 3 is 2.41 bits per heavy atom. The normalized spacial score (nSPS) is 24.2. The number of carbonyl (C=O) groups is 2. The molecule has 2 heterocycles. The molecule has 2 saturated heterocycles. The van der Waals surface area contributed by atoms with E-state index in [2.05, 4.69) is 9.80 Å². The molecule has 0 aromatic heterocycles. The summed E-state index contributed by atoms with van der Waals surface area (Å²) in [4.78, 5) is 28.8. The zero-order valence-electron chi connectivity index (χ0n) is 13.4. The topological polar surface area (TPSA) is 73.3 Å². The van der Waals surface area contributed by atoms with E-state index in [0.29, 0.717) is 19.7 Å². The molecule has 22 heavy (non-hydrogen) atoms. The molecule has 0 aromatic carbocycles. The predicted molar refractivity (Wildman–Crippen MR) is 81.8 cm³/mol. The fraction of sp³-hybridized carbons (Fsp3) is 0.867. The molecule has 2 fully saturated rings. The largest absolute Gasteiger partial charge is 0.466 e. The second-order valence-corrected chi connectivity index (χ2v) is 6.00. The molecule has 2 aliphatic rings. The van der Waals surface area contributed by atoms with E-state index in [1.807, 2.05) is 6.92 Å². The highest BCUT2D eigenvalue weighted by atomic mass is 16.5. The van der Waals surface area contributed by atoms with E-state index in [9.17, 15) is 9.59 Å². The molecular formula is C15H27N3O4. The standard InChI is InChI=1S/C15H27N3O4/c1-2-22-14(19)13-4-3-5-17(12-13)7-6-16-8-10-18(11-9-16)15(20)21/h13H,2-12H2,1H3,(H,20,21). The van der Waals surface area contributed by atoms with Crippen molar-refractivity contribution in [1.82, 2.24) is 14.7 Å². The fourth-order valence-electron chi connectivity index (χ4n) is 3.16. The van der Waals surface area contributed by atoms with Crippen molar-refractivity contribution in [3.8, 4) is 0 Å². The van der Waals surface area contributed by atoms with E-state index in [0.717, 1.165) is 52.1 Å². The summed E-state index contributed by atoms with van der Waals surface area (Å²) < 4.78 is 5.12. The SMILES string of the molecule is CCOC(=O)C1CCCN(CCN2CCN(C(=O)O)CC2)C1. The maximum Gasteiger partial charge on any atom is 0.407 e. The highest BCUT2D eigenvalue weighted by Crippen LogP contribution is 2.17. The van der Waals surface area contributed by atoms with Crippen LogP contribution in [0, 0.1) is 5.92 Å². The molecule has 126 valence electrons. The van der Waals surface area contributed by atoms with Crippen molar-refractivity contribution in [2.24, 2.45) is 5.92 Å². The maximum atomic E-state index is 11.8. The number of ether oxygens (including phenoxy) is 1. The van der Waals surface area contributed by atoms with Crippen LogP contribution < -0.4 is 0 Å². The Morgan fingerprint density at radius 1 is 1.09 bits per heavy atom. The lowest BCUT2D eigenvalue weighted by Crippen LogP contribution is -2.50. The van der Waals surface area contributed by atoms with Crippen LogP contribution in [-0.4, -0.2) is 90.8 Å². The Hall–Kier alpha value is -1.34. The van der Waals surface area contributed by atoms with Gasteiger partial charge in [0.25, 0.3) is 0 Å². The third-order valence-corrected chi connectivity index (χ3v) is 4.50. The zero-order valence-corrected chi connectivity index (χ0v) is 13.4. The number of nitrogens with zero attached hydrogens (tertiary/aromatic N) is 3. The smallest absolute Gasteiger partial charge is 0.407 e. The number of carboxylic acid groups (broad SMARTS) is 1. The first kappa shape index (κ1) is 17.0. The van der Waals surface area contributed by atoms with E-state index in [1.54, 1.807) is 0 Å².